The second-order valence-electron chi connectivity index (χ2n) is 9.59. The Kier molecular flexibility index (Phi) is 7.40. The van der Waals surface area contributed by atoms with E-state index in [9.17, 15) is 20.4 Å². The molecule has 2 aliphatic rings. The standard InChI is InChI=1S/C24H35N5O5/c1-4-15(5-2)26-21-18-22(29(13-25-18)23-20(32)19(31)16(12-30)34-23)28-17(27-21)8-10-24(33)9-6-7-14(3)11-24/h13-16,19-20,23,30-33H,4-7,9,11-12H2,1-3H3,(H,26,27,28)/t14-,16-,19?,20+,23-,24-/m1/s1. The highest BCUT2D eigenvalue weighted by Gasteiger charge is 2.44. The Hall–Kier alpha value is -2.29. The van der Waals surface area contributed by atoms with E-state index in [1.54, 1.807) is 0 Å². The van der Waals surface area contributed by atoms with Crippen LogP contribution in [0, 0.1) is 17.8 Å². The zero-order valence-electron chi connectivity index (χ0n) is 20.0. The molecule has 0 radical (unpaired) electrons. The van der Waals surface area contributed by atoms with Crippen molar-refractivity contribution in [3.05, 3.63) is 12.2 Å². The zero-order valence-corrected chi connectivity index (χ0v) is 20.0. The molecule has 1 saturated heterocycles. The highest BCUT2D eigenvalue weighted by molar-refractivity contribution is 5.83. The second kappa shape index (κ2) is 10.1. The third-order valence-electron chi connectivity index (χ3n) is 6.92. The fraction of sp³-hybridized carbons (Fsp3) is 0.708. The normalized spacial score (nSPS) is 31.6. The number of aliphatic hydroxyl groups excluding tert-OH is 3. The van der Waals surface area contributed by atoms with Crippen LogP contribution in [0.3, 0.4) is 0 Å². The van der Waals surface area contributed by atoms with Crippen molar-refractivity contribution in [1.29, 1.82) is 0 Å². The number of nitrogens with zero attached hydrogens (tertiary/aromatic N) is 4. The SMILES string of the molecule is CCC(CC)Nc1nc(C#C[C@]2(O)CCC[C@@H](C)C2)nc2c1ncn2[C@@H]1O[C@H](CO)C(O)[C@@H]1O. The third kappa shape index (κ3) is 4.90. The van der Waals surface area contributed by atoms with Crippen LogP contribution < -0.4 is 5.32 Å². The van der Waals surface area contributed by atoms with Crippen molar-refractivity contribution in [2.45, 2.75) is 95.5 Å². The van der Waals surface area contributed by atoms with Crippen molar-refractivity contribution in [3.63, 3.8) is 0 Å². The fourth-order valence-electron chi connectivity index (χ4n) is 4.86. The van der Waals surface area contributed by atoms with E-state index in [1.807, 2.05) is 0 Å². The van der Waals surface area contributed by atoms with Crippen LogP contribution in [-0.2, 0) is 4.74 Å². The molecule has 0 aromatic carbocycles. The summed E-state index contributed by atoms with van der Waals surface area (Å²) in [6.07, 6.45) is 2.09. The van der Waals surface area contributed by atoms with Gasteiger partial charge in [-0.05, 0) is 43.9 Å². The van der Waals surface area contributed by atoms with Crippen molar-refractivity contribution < 1.29 is 25.2 Å². The fourth-order valence-corrected chi connectivity index (χ4v) is 4.86. The van der Waals surface area contributed by atoms with E-state index >= 15 is 0 Å². The van der Waals surface area contributed by atoms with Crippen LogP contribution in [0.5, 0.6) is 0 Å². The molecule has 2 fully saturated rings. The molecular weight excluding hydrogens is 438 g/mol. The summed E-state index contributed by atoms with van der Waals surface area (Å²) in [7, 11) is 0. The van der Waals surface area contributed by atoms with Crippen LogP contribution in [-0.4, -0.2) is 76.5 Å². The van der Waals surface area contributed by atoms with E-state index in [2.05, 4.69) is 52.9 Å². The van der Waals surface area contributed by atoms with Crippen LogP contribution in [0.25, 0.3) is 11.2 Å². The van der Waals surface area contributed by atoms with E-state index in [0.29, 0.717) is 35.7 Å². The summed E-state index contributed by atoms with van der Waals surface area (Å²) in [4.78, 5) is 13.6. The number of nitrogens with one attached hydrogen (secondary N) is 1. The highest BCUT2D eigenvalue weighted by atomic mass is 16.6. The maximum Gasteiger partial charge on any atom is 0.209 e. The maximum atomic E-state index is 10.9. The average Bonchev–Trinajstić information content (AvgIpc) is 3.36. The molecule has 2 aromatic heterocycles. The molecule has 34 heavy (non-hydrogen) atoms. The van der Waals surface area contributed by atoms with Gasteiger partial charge in [0.25, 0.3) is 0 Å². The van der Waals surface area contributed by atoms with Crippen molar-refractivity contribution >= 4 is 17.0 Å². The van der Waals surface area contributed by atoms with Gasteiger partial charge in [0.15, 0.2) is 23.2 Å². The molecule has 6 atom stereocenters. The minimum absolute atomic E-state index is 0.168. The number of imidazole rings is 1. The van der Waals surface area contributed by atoms with Gasteiger partial charge in [0, 0.05) is 6.04 Å². The van der Waals surface area contributed by atoms with E-state index in [0.717, 1.165) is 25.7 Å². The van der Waals surface area contributed by atoms with Gasteiger partial charge in [-0.3, -0.25) is 4.57 Å². The first kappa shape index (κ1) is 24.8. The Morgan fingerprint density at radius 3 is 2.68 bits per heavy atom. The van der Waals surface area contributed by atoms with Crippen molar-refractivity contribution in [1.82, 2.24) is 19.5 Å². The van der Waals surface area contributed by atoms with Crippen LogP contribution in [0.15, 0.2) is 6.33 Å². The molecule has 0 bridgehead atoms. The summed E-state index contributed by atoms with van der Waals surface area (Å²) in [5.74, 6) is 7.10. The van der Waals surface area contributed by atoms with Gasteiger partial charge in [-0.2, -0.15) is 0 Å². The van der Waals surface area contributed by atoms with Gasteiger partial charge in [0.05, 0.1) is 12.9 Å². The van der Waals surface area contributed by atoms with E-state index in [1.165, 1.54) is 10.9 Å². The second-order valence-corrected chi connectivity index (χ2v) is 9.59. The van der Waals surface area contributed by atoms with E-state index in [-0.39, 0.29) is 11.9 Å². The lowest BCUT2D eigenvalue weighted by Gasteiger charge is -2.30. The number of hydrogen-bond acceptors (Lipinski definition) is 9. The predicted octanol–water partition coefficient (Wildman–Crippen LogP) is 1.33. The van der Waals surface area contributed by atoms with Gasteiger partial charge in [-0.25, -0.2) is 15.0 Å². The third-order valence-corrected chi connectivity index (χ3v) is 6.92. The number of fused-ring (bicyclic) bond motifs is 1. The van der Waals surface area contributed by atoms with Gasteiger partial charge in [0.1, 0.15) is 23.9 Å². The van der Waals surface area contributed by atoms with E-state index < -0.39 is 36.7 Å². The van der Waals surface area contributed by atoms with E-state index in [4.69, 9.17) is 4.74 Å². The Labute approximate surface area is 199 Å². The summed E-state index contributed by atoms with van der Waals surface area (Å²) < 4.78 is 7.22. The lowest BCUT2D eigenvalue weighted by Crippen LogP contribution is -2.33. The molecule has 3 heterocycles. The number of aromatic nitrogens is 4. The maximum absolute atomic E-state index is 10.9. The quantitative estimate of drug-likeness (QED) is 0.392. The molecule has 1 aliphatic carbocycles. The van der Waals surface area contributed by atoms with Crippen LogP contribution >= 0.6 is 0 Å². The van der Waals surface area contributed by atoms with Gasteiger partial charge < -0.3 is 30.5 Å². The molecule has 1 aliphatic heterocycles. The topological polar surface area (TPSA) is 146 Å². The first-order valence-electron chi connectivity index (χ1n) is 12.2. The molecule has 2 aromatic rings. The number of hydrogen-bond donors (Lipinski definition) is 5. The Morgan fingerprint density at radius 1 is 1.26 bits per heavy atom. The smallest absolute Gasteiger partial charge is 0.209 e. The van der Waals surface area contributed by atoms with Crippen molar-refractivity contribution in [3.8, 4) is 11.8 Å². The van der Waals surface area contributed by atoms with Crippen molar-refractivity contribution in [2.24, 2.45) is 5.92 Å². The summed E-state index contributed by atoms with van der Waals surface area (Å²) in [5, 5.41) is 44.6. The molecule has 0 amide bonds. The van der Waals surface area contributed by atoms with Gasteiger partial charge >= 0.3 is 0 Å². The van der Waals surface area contributed by atoms with Crippen LogP contribution in [0.2, 0.25) is 0 Å². The predicted molar refractivity (Wildman–Crippen MR) is 126 cm³/mol. The highest BCUT2D eigenvalue weighted by Crippen LogP contribution is 2.33. The molecule has 186 valence electrons. The van der Waals surface area contributed by atoms with Crippen LogP contribution in [0.1, 0.15) is 71.3 Å². The Morgan fingerprint density at radius 2 is 2.03 bits per heavy atom. The van der Waals surface area contributed by atoms with Gasteiger partial charge in [-0.15, -0.1) is 0 Å². The van der Waals surface area contributed by atoms with Crippen molar-refractivity contribution in [2.75, 3.05) is 11.9 Å². The molecule has 10 heteroatoms. The number of rotatable bonds is 6. The number of anilines is 1. The van der Waals surface area contributed by atoms with Gasteiger partial charge in [0.2, 0.25) is 5.82 Å². The zero-order chi connectivity index (χ0) is 24.5. The summed E-state index contributed by atoms with van der Waals surface area (Å²) >= 11 is 0. The minimum Gasteiger partial charge on any atom is -0.394 e. The molecule has 4 rings (SSSR count). The molecular formula is C24H35N5O5. The molecule has 5 N–H and O–H groups in total. The lowest BCUT2D eigenvalue weighted by atomic mass is 9.79. The minimum atomic E-state index is -1.26. The monoisotopic (exact) mass is 473 g/mol. The molecule has 10 nitrogen and oxygen atoms in total. The summed E-state index contributed by atoms with van der Waals surface area (Å²) in [6.45, 7) is 5.85. The molecule has 0 spiro atoms. The summed E-state index contributed by atoms with van der Waals surface area (Å²) in [5.41, 5.74) is -0.200. The van der Waals surface area contributed by atoms with Crippen LogP contribution in [0.4, 0.5) is 5.82 Å². The lowest BCUT2D eigenvalue weighted by molar-refractivity contribution is -0.0511. The summed E-state index contributed by atoms with van der Waals surface area (Å²) in [6, 6.07) is 0.168. The Balaban J connectivity index is 1.76. The van der Waals surface area contributed by atoms with Gasteiger partial charge in [-0.1, -0.05) is 33.1 Å². The average molecular weight is 474 g/mol. The number of ether oxygens (including phenoxy) is 1. The molecule has 1 saturated carbocycles. The molecule has 1 unspecified atom stereocenters. The first-order chi connectivity index (χ1) is 16.3. The first-order valence-corrected chi connectivity index (χ1v) is 12.2. The largest absolute Gasteiger partial charge is 0.394 e. The number of aliphatic hydroxyl groups is 4. The Bertz CT molecular complexity index is 1060.